The number of carboxylic acid groups (broad SMARTS) is 1. The molecular weight excluding hydrogens is 777 g/mol. The maximum absolute atomic E-state index is 13.4. The lowest BCUT2D eigenvalue weighted by atomic mass is 9.94. The van der Waals surface area contributed by atoms with Crippen LogP contribution in [-0.4, -0.2) is 82.1 Å². The molecule has 2 atom stereocenters. The first-order chi connectivity index (χ1) is 26.2. The molecule has 2 aromatic rings. The molecule has 0 fully saturated rings. The SMILES string of the molecule is Cc1c(C)c(S(=O)(=O)NC(N)=NCCC[C@H](NC(=O)[C@@H](N)CCCN=C(N)NS(=O)(=O)c2c(C)c(C)c3c(c2C)CC(C)(C)O3)C(=O)O)c(C)c2c1OC(C)(C)C2. The molecule has 0 bridgehead atoms. The molecule has 2 heterocycles. The molecule has 316 valence electrons. The second kappa shape index (κ2) is 16.7. The Kier molecular flexibility index (Phi) is 13.2. The molecule has 0 unspecified atom stereocenters. The van der Waals surface area contributed by atoms with Gasteiger partial charge in [-0.2, -0.15) is 0 Å². The van der Waals surface area contributed by atoms with E-state index in [9.17, 15) is 31.5 Å². The van der Waals surface area contributed by atoms with E-state index in [1.54, 1.807) is 27.7 Å². The first-order valence-electron chi connectivity index (χ1n) is 18.8. The van der Waals surface area contributed by atoms with E-state index < -0.39 is 55.2 Å². The molecule has 0 saturated heterocycles. The third-order valence-corrected chi connectivity index (χ3v) is 13.7. The molecule has 1 amide bonds. The van der Waals surface area contributed by atoms with Crippen molar-refractivity contribution in [2.75, 3.05) is 13.1 Å². The highest BCUT2D eigenvalue weighted by molar-refractivity contribution is 7.90. The summed E-state index contributed by atoms with van der Waals surface area (Å²) in [5, 5.41) is 12.1. The number of aliphatic carboxylic acids is 1. The highest BCUT2D eigenvalue weighted by Gasteiger charge is 2.38. The summed E-state index contributed by atoms with van der Waals surface area (Å²) >= 11 is 0. The van der Waals surface area contributed by atoms with Crippen molar-refractivity contribution in [3.8, 4) is 11.5 Å². The Morgan fingerprint density at radius 2 is 1.09 bits per heavy atom. The van der Waals surface area contributed by atoms with Crippen molar-refractivity contribution in [3.05, 3.63) is 44.5 Å². The van der Waals surface area contributed by atoms with E-state index in [1.807, 2.05) is 41.5 Å². The van der Waals surface area contributed by atoms with Crippen LogP contribution >= 0.6 is 0 Å². The number of nitrogens with zero attached hydrogens (tertiary/aromatic N) is 2. The third-order valence-electron chi connectivity index (χ3n) is 10.4. The highest BCUT2D eigenvalue weighted by Crippen LogP contribution is 2.45. The minimum absolute atomic E-state index is 0.0236. The number of benzene rings is 2. The summed E-state index contributed by atoms with van der Waals surface area (Å²) in [6, 6.07) is -2.38. The van der Waals surface area contributed by atoms with Gasteiger partial charge in [0.25, 0.3) is 20.0 Å². The molecule has 0 aliphatic carbocycles. The number of carbonyl (C=O) groups is 2. The summed E-state index contributed by atoms with van der Waals surface area (Å²) in [6.45, 7) is 18.3. The molecule has 0 spiro atoms. The molecule has 19 heteroatoms. The van der Waals surface area contributed by atoms with Crippen molar-refractivity contribution in [3.63, 3.8) is 0 Å². The Morgan fingerprint density at radius 1 is 0.702 bits per heavy atom. The quantitative estimate of drug-likeness (QED) is 0.0774. The first kappa shape index (κ1) is 45.1. The number of rotatable bonds is 15. The molecule has 2 aromatic carbocycles. The van der Waals surface area contributed by atoms with E-state index in [1.165, 1.54) is 0 Å². The second-order valence-corrected chi connectivity index (χ2v) is 19.4. The van der Waals surface area contributed by atoms with Gasteiger partial charge in [0.1, 0.15) is 28.7 Å². The smallest absolute Gasteiger partial charge is 0.326 e. The predicted molar refractivity (Wildman–Crippen MR) is 218 cm³/mol. The van der Waals surface area contributed by atoms with E-state index >= 15 is 0 Å². The fourth-order valence-corrected chi connectivity index (χ4v) is 10.5. The van der Waals surface area contributed by atoms with Crippen LogP contribution < -0.4 is 41.4 Å². The highest BCUT2D eigenvalue weighted by atomic mass is 32.2. The molecule has 10 N–H and O–H groups in total. The minimum atomic E-state index is -4.11. The number of nitrogens with one attached hydrogen (secondary N) is 3. The van der Waals surface area contributed by atoms with Crippen molar-refractivity contribution >= 4 is 43.8 Å². The Morgan fingerprint density at radius 3 is 1.47 bits per heavy atom. The van der Waals surface area contributed by atoms with Crippen LogP contribution in [0.3, 0.4) is 0 Å². The van der Waals surface area contributed by atoms with Crippen molar-refractivity contribution in [2.45, 2.75) is 141 Å². The van der Waals surface area contributed by atoms with Crippen LogP contribution in [-0.2, 0) is 42.5 Å². The number of guanidine groups is 2. The number of hydrogen-bond acceptors (Lipinski definition) is 11. The van der Waals surface area contributed by atoms with Crippen LogP contribution in [0.25, 0.3) is 0 Å². The lowest BCUT2D eigenvalue weighted by molar-refractivity contribution is -0.142. The van der Waals surface area contributed by atoms with Crippen molar-refractivity contribution in [2.24, 2.45) is 27.2 Å². The van der Waals surface area contributed by atoms with E-state index in [-0.39, 0.29) is 60.5 Å². The number of sulfonamides is 2. The normalized spacial score (nSPS) is 17.2. The fourth-order valence-electron chi connectivity index (χ4n) is 7.41. The number of carboxylic acids is 1. The molecule has 0 saturated carbocycles. The van der Waals surface area contributed by atoms with Gasteiger partial charge in [0.05, 0.1) is 15.8 Å². The molecular formula is C38H58N8O9S2. The largest absolute Gasteiger partial charge is 0.487 e. The summed E-state index contributed by atoms with van der Waals surface area (Å²) < 4.78 is 70.5. The van der Waals surface area contributed by atoms with E-state index in [2.05, 4.69) is 24.7 Å². The summed E-state index contributed by atoms with van der Waals surface area (Å²) in [5.74, 6) is -1.28. The number of carbonyl (C=O) groups excluding carboxylic acids is 1. The zero-order valence-electron chi connectivity index (χ0n) is 34.5. The lowest BCUT2D eigenvalue weighted by Gasteiger charge is -2.19. The molecule has 2 aliphatic rings. The van der Waals surface area contributed by atoms with Gasteiger partial charge in [0.15, 0.2) is 0 Å². The second-order valence-electron chi connectivity index (χ2n) is 16.1. The minimum Gasteiger partial charge on any atom is -0.487 e. The molecule has 0 radical (unpaired) electrons. The number of amides is 1. The zero-order valence-corrected chi connectivity index (χ0v) is 36.1. The number of ether oxygens (including phenoxy) is 2. The molecule has 0 aromatic heterocycles. The Labute approximate surface area is 335 Å². The van der Waals surface area contributed by atoms with E-state index in [0.29, 0.717) is 46.6 Å². The van der Waals surface area contributed by atoms with Gasteiger partial charge in [-0.3, -0.25) is 14.8 Å². The molecule has 4 rings (SSSR count). The van der Waals surface area contributed by atoms with Crippen LogP contribution in [0.4, 0.5) is 0 Å². The Bertz CT molecular complexity index is 2230. The fraction of sp³-hybridized carbons (Fsp3) is 0.579. The maximum Gasteiger partial charge on any atom is 0.326 e. The third kappa shape index (κ3) is 10.1. The van der Waals surface area contributed by atoms with Gasteiger partial charge < -0.3 is 37.1 Å². The zero-order chi connectivity index (χ0) is 43.0. The van der Waals surface area contributed by atoms with Gasteiger partial charge in [-0.05, 0) is 128 Å². The lowest BCUT2D eigenvalue weighted by Crippen LogP contribution is -2.48. The van der Waals surface area contributed by atoms with Gasteiger partial charge in [-0.25, -0.2) is 31.1 Å². The van der Waals surface area contributed by atoms with Crippen molar-refractivity contribution in [1.82, 2.24) is 14.8 Å². The topological polar surface area (TPSA) is 280 Å². The summed E-state index contributed by atoms with van der Waals surface area (Å²) in [6.07, 6.45) is 1.58. The monoisotopic (exact) mass is 834 g/mol. The van der Waals surface area contributed by atoms with Gasteiger partial charge >= 0.3 is 5.97 Å². The van der Waals surface area contributed by atoms with Crippen LogP contribution in [0.15, 0.2) is 19.8 Å². The van der Waals surface area contributed by atoms with Crippen LogP contribution in [0.5, 0.6) is 11.5 Å². The van der Waals surface area contributed by atoms with E-state index in [4.69, 9.17) is 26.7 Å². The number of hydrogen-bond donors (Lipinski definition) is 7. The van der Waals surface area contributed by atoms with E-state index in [0.717, 1.165) is 22.3 Å². The molecule has 57 heavy (non-hydrogen) atoms. The number of aliphatic imine (C=N–C) groups is 2. The first-order valence-corrected chi connectivity index (χ1v) is 21.7. The predicted octanol–water partition coefficient (Wildman–Crippen LogP) is 2.31. The molecule has 2 aliphatic heterocycles. The summed E-state index contributed by atoms with van der Waals surface area (Å²) in [5.41, 5.74) is 22.4. The van der Waals surface area contributed by atoms with Gasteiger partial charge in [-0.15, -0.1) is 0 Å². The van der Waals surface area contributed by atoms with Crippen molar-refractivity contribution < 1.29 is 41.0 Å². The average molecular weight is 835 g/mol. The maximum atomic E-state index is 13.4. The van der Waals surface area contributed by atoms with Gasteiger partial charge in [0, 0.05) is 37.1 Å². The summed E-state index contributed by atoms with van der Waals surface area (Å²) in [7, 11) is -8.20. The Hall–Kier alpha value is -4.62. The standard InChI is InChI=1S/C38H58N8O9S2/c1-19-21(3)31(23(5)25-17-37(7,8)54-29(19)25)56(50,51)45-35(40)42-15-11-13-27(39)33(47)44-28(34(48)49)14-12-16-43-36(41)46-57(52,53)32-22(4)20(2)30-26(24(32)6)18-38(9,10)55-30/h27-28H,11-18,39H2,1-10H3,(H,44,47)(H,48,49)(H3,40,42,45)(H3,41,43,46)/t27-,28-/m0/s1. The average Bonchev–Trinajstić information content (AvgIpc) is 3.60. The molecule has 17 nitrogen and oxygen atoms in total. The van der Waals surface area contributed by atoms with Crippen molar-refractivity contribution in [1.29, 1.82) is 0 Å². The van der Waals surface area contributed by atoms with Crippen LogP contribution in [0.2, 0.25) is 0 Å². The number of nitrogens with two attached hydrogens (primary N) is 3. The number of fused-ring (bicyclic) bond motifs is 2. The van der Waals surface area contributed by atoms with Gasteiger partial charge in [0.2, 0.25) is 17.8 Å². The van der Waals surface area contributed by atoms with Crippen LogP contribution in [0, 0.1) is 41.5 Å². The Balaban J connectivity index is 1.26. The van der Waals surface area contributed by atoms with Crippen LogP contribution in [0.1, 0.15) is 97.9 Å². The summed E-state index contributed by atoms with van der Waals surface area (Å²) in [4.78, 5) is 33.1. The van der Waals surface area contributed by atoms with Gasteiger partial charge in [-0.1, -0.05) is 0 Å².